The van der Waals surface area contributed by atoms with Crippen LogP contribution in [0.2, 0.25) is 0 Å². The van der Waals surface area contributed by atoms with Gasteiger partial charge in [0.2, 0.25) is 5.91 Å². The number of benzene rings is 1. The molecule has 1 aromatic carbocycles. The van der Waals surface area contributed by atoms with Crippen LogP contribution in [0.4, 0.5) is 14.9 Å². The van der Waals surface area contributed by atoms with Crippen LogP contribution < -0.4 is 15.5 Å². The van der Waals surface area contributed by atoms with Crippen molar-refractivity contribution in [3.8, 4) is 0 Å². The van der Waals surface area contributed by atoms with Crippen molar-refractivity contribution < 1.29 is 14.0 Å². The van der Waals surface area contributed by atoms with Crippen molar-refractivity contribution in [2.45, 2.75) is 6.54 Å². The van der Waals surface area contributed by atoms with E-state index in [9.17, 15) is 14.0 Å². The van der Waals surface area contributed by atoms with Crippen LogP contribution in [0.3, 0.4) is 0 Å². The summed E-state index contributed by atoms with van der Waals surface area (Å²) < 4.78 is 13.0. The van der Waals surface area contributed by atoms with Crippen molar-refractivity contribution in [2.24, 2.45) is 0 Å². The number of rotatable bonds is 5. The first-order valence-corrected chi connectivity index (χ1v) is 8.82. The van der Waals surface area contributed by atoms with Crippen LogP contribution in [-0.2, 0) is 11.3 Å². The van der Waals surface area contributed by atoms with Gasteiger partial charge in [-0.05, 0) is 36.4 Å². The molecule has 1 fully saturated rings. The van der Waals surface area contributed by atoms with E-state index in [1.165, 1.54) is 12.1 Å². The molecule has 2 heterocycles. The minimum absolute atomic E-state index is 0.0795. The molecule has 1 saturated heterocycles. The van der Waals surface area contributed by atoms with Gasteiger partial charge in [0, 0.05) is 38.1 Å². The summed E-state index contributed by atoms with van der Waals surface area (Å²) in [6, 6.07) is 11.5. The minimum atomic E-state index is -0.266. The zero-order chi connectivity index (χ0) is 19.1. The Bertz CT molecular complexity index is 761. The van der Waals surface area contributed by atoms with Gasteiger partial charge in [0.1, 0.15) is 5.82 Å². The molecule has 0 bridgehead atoms. The predicted molar refractivity (Wildman–Crippen MR) is 99.7 cm³/mol. The third kappa shape index (κ3) is 5.40. The fourth-order valence-corrected chi connectivity index (χ4v) is 2.84. The fourth-order valence-electron chi connectivity index (χ4n) is 2.84. The van der Waals surface area contributed by atoms with Gasteiger partial charge in [-0.3, -0.25) is 9.78 Å². The van der Waals surface area contributed by atoms with Crippen LogP contribution in [-0.4, -0.2) is 54.5 Å². The second-order valence-corrected chi connectivity index (χ2v) is 6.21. The molecular formula is C19H22FN5O2. The smallest absolute Gasteiger partial charge is 0.317 e. The van der Waals surface area contributed by atoms with Gasteiger partial charge >= 0.3 is 6.03 Å². The van der Waals surface area contributed by atoms with E-state index in [1.54, 1.807) is 29.3 Å². The van der Waals surface area contributed by atoms with Crippen LogP contribution in [0.5, 0.6) is 0 Å². The number of piperazine rings is 1. The third-order valence-corrected chi connectivity index (χ3v) is 4.35. The number of nitrogens with zero attached hydrogens (tertiary/aromatic N) is 3. The molecule has 27 heavy (non-hydrogen) atoms. The fraction of sp³-hybridized carbons (Fsp3) is 0.316. The molecule has 0 radical (unpaired) electrons. The lowest BCUT2D eigenvalue weighted by atomic mass is 10.2. The maximum atomic E-state index is 13.0. The molecule has 3 amide bonds. The van der Waals surface area contributed by atoms with Crippen molar-refractivity contribution in [3.05, 3.63) is 60.2 Å². The molecule has 0 aliphatic carbocycles. The van der Waals surface area contributed by atoms with Gasteiger partial charge in [-0.2, -0.15) is 0 Å². The van der Waals surface area contributed by atoms with E-state index < -0.39 is 0 Å². The Balaban J connectivity index is 1.38. The van der Waals surface area contributed by atoms with Gasteiger partial charge in [-0.15, -0.1) is 0 Å². The van der Waals surface area contributed by atoms with Gasteiger partial charge in [0.05, 0.1) is 18.8 Å². The van der Waals surface area contributed by atoms with Crippen LogP contribution in [0.15, 0.2) is 48.7 Å². The highest BCUT2D eigenvalue weighted by Crippen LogP contribution is 2.16. The first-order chi connectivity index (χ1) is 13.1. The SMILES string of the molecule is O=C(CNC(=O)N1CCN(c2ccc(F)cc2)CC1)NCc1ccccn1. The number of pyridine rings is 1. The highest BCUT2D eigenvalue weighted by Gasteiger charge is 2.21. The molecular weight excluding hydrogens is 349 g/mol. The Morgan fingerprint density at radius 1 is 1.00 bits per heavy atom. The van der Waals surface area contributed by atoms with Crippen LogP contribution in [0.1, 0.15) is 5.69 Å². The molecule has 0 unspecified atom stereocenters. The number of aromatic nitrogens is 1. The molecule has 1 aliphatic heterocycles. The summed E-state index contributed by atoms with van der Waals surface area (Å²) in [6.07, 6.45) is 1.66. The molecule has 1 aromatic heterocycles. The lowest BCUT2D eigenvalue weighted by Gasteiger charge is -2.36. The van der Waals surface area contributed by atoms with E-state index >= 15 is 0 Å². The Hall–Kier alpha value is -3.16. The van der Waals surface area contributed by atoms with E-state index in [2.05, 4.69) is 20.5 Å². The molecule has 2 N–H and O–H groups in total. The lowest BCUT2D eigenvalue weighted by molar-refractivity contribution is -0.120. The normalized spacial score (nSPS) is 14.0. The maximum absolute atomic E-state index is 13.0. The summed E-state index contributed by atoms with van der Waals surface area (Å²) in [5, 5.41) is 5.35. The summed E-state index contributed by atoms with van der Waals surface area (Å²) in [5.74, 6) is -0.531. The number of urea groups is 1. The van der Waals surface area contributed by atoms with E-state index in [-0.39, 0.29) is 24.3 Å². The number of nitrogens with one attached hydrogen (secondary N) is 2. The summed E-state index contributed by atoms with van der Waals surface area (Å²) in [4.78, 5) is 32.0. The van der Waals surface area contributed by atoms with Crippen molar-refractivity contribution in [3.63, 3.8) is 0 Å². The number of carbonyl (C=O) groups is 2. The molecule has 8 heteroatoms. The average molecular weight is 371 g/mol. The molecule has 142 valence electrons. The number of carbonyl (C=O) groups excluding carboxylic acids is 2. The van der Waals surface area contributed by atoms with Gasteiger partial charge < -0.3 is 20.4 Å². The largest absolute Gasteiger partial charge is 0.368 e. The summed E-state index contributed by atoms with van der Waals surface area (Å²) in [6.45, 7) is 2.64. The van der Waals surface area contributed by atoms with E-state index in [0.29, 0.717) is 32.7 Å². The second-order valence-electron chi connectivity index (χ2n) is 6.21. The Morgan fingerprint density at radius 3 is 2.41 bits per heavy atom. The minimum Gasteiger partial charge on any atom is -0.368 e. The highest BCUT2D eigenvalue weighted by molar-refractivity contribution is 5.84. The summed E-state index contributed by atoms with van der Waals surface area (Å²) in [5.41, 5.74) is 1.69. The maximum Gasteiger partial charge on any atom is 0.317 e. The summed E-state index contributed by atoms with van der Waals surface area (Å²) in [7, 11) is 0. The number of hydrogen-bond acceptors (Lipinski definition) is 4. The number of anilines is 1. The third-order valence-electron chi connectivity index (χ3n) is 4.35. The van der Waals surface area contributed by atoms with Crippen LogP contribution in [0.25, 0.3) is 0 Å². The molecule has 3 rings (SSSR count). The summed E-state index contributed by atoms with van der Waals surface area (Å²) >= 11 is 0. The molecule has 0 spiro atoms. The van der Waals surface area contributed by atoms with Crippen molar-refractivity contribution >= 4 is 17.6 Å². The average Bonchev–Trinajstić information content (AvgIpc) is 2.72. The number of hydrogen-bond donors (Lipinski definition) is 2. The molecule has 0 atom stereocenters. The van der Waals surface area contributed by atoms with Crippen LogP contribution in [0, 0.1) is 5.82 Å². The van der Waals surface area contributed by atoms with Gasteiger partial charge in [-0.1, -0.05) is 6.07 Å². The predicted octanol–water partition coefficient (Wildman–Crippen LogP) is 1.37. The Kier molecular flexibility index (Phi) is 6.19. The van der Waals surface area contributed by atoms with Crippen molar-refractivity contribution in [1.82, 2.24) is 20.5 Å². The molecule has 1 aliphatic rings. The number of amides is 3. The molecule has 2 aromatic rings. The first-order valence-electron chi connectivity index (χ1n) is 8.82. The highest BCUT2D eigenvalue weighted by atomic mass is 19.1. The topological polar surface area (TPSA) is 77.6 Å². The van der Waals surface area contributed by atoms with Gasteiger partial charge in [-0.25, -0.2) is 9.18 Å². The zero-order valence-electron chi connectivity index (χ0n) is 14.9. The Labute approximate surface area is 157 Å². The van der Waals surface area contributed by atoms with Gasteiger partial charge in [0.15, 0.2) is 0 Å². The van der Waals surface area contributed by atoms with Crippen molar-refractivity contribution in [1.29, 1.82) is 0 Å². The molecule has 0 saturated carbocycles. The quantitative estimate of drug-likeness (QED) is 0.832. The lowest BCUT2D eigenvalue weighted by Crippen LogP contribution is -2.53. The van der Waals surface area contributed by atoms with E-state index in [0.717, 1.165) is 11.4 Å². The molecule has 7 nitrogen and oxygen atoms in total. The monoisotopic (exact) mass is 371 g/mol. The van der Waals surface area contributed by atoms with E-state index in [1.807, 2.05) is 12.1 Å². The first kappa shape index (κ1) is 18.6. The van der Waals surface area contributed by atoms with Crippen LogP contribution >= 0.6 is 0 Å². The second kappa shape index (κ2) is 8.98. The van der Waals surface area contributed by atoms with Gasteiger partial charge in [0.25, 0.3) is 0 Å². The van der Waals surface area contributed by atoms with E-state index in [4.69, 9.17) is 0 Å². The van der Waals surface area contributed by atoms with Crippen molar-refractivity contribution in [2.75, 3.05) is 37.6 Å². The zero-order valence-corrected chi connectivity index (χ0v) is 14.9. The Morgan fingerprint density at radius 2 is 1.74 bits per heavy atom. The standard InChI is InChI=1S/C19H22FN5O2/c20-15-4-6-17(7-5-15)24-9-11-25(12-10-24)19(27)23-14-18(26)22-13-16-3-1-2-8-21-16/h1-8H,9-14H2,(H,22,26)(H,23,27). The number of halogens is 1.